The van der Waals surface area contributed by atoms with Gasteiger partial charge in [0.05, 0.1) is 6.61 Å². The summed E-state index contributed by atoms with van der Waals surface area (Å²) in [5.41, 5.74) is 5.35. The van der Waals surface area contributed by atoms with Crippen LogP contribution >= 0.6 is 0 Å². The van der Waals surface area contributed by atoms with E-state index < -0.39 is 0 Å². The Balaban J connectivity index is -0.000000176. The fourth-order valence-electron chi connectivity index (χ4n) is 2.68. The van der Waals surface area contributed by atoms with Gasteiger partial charge >= 0.3 is 94.6 Å². The molecule has 0 radical (unpaired) electrons. The van der Waals surface area contributed by atoms with Crippen LogP contribution in [0.2, 0.25) is 0 Å². The van der Waals surface area contributed by atoms with E-state index in [0.717, 1.165) is 19.3 Å². The Hall–Kier alpha value is 2.17. The molecule has 0 amide bonds. The second-order valence-electron chi connectivity index (χ2n) is 6.70. The summed E-state index contributed by atoms with van der Waals surface area (Å²) in [5.74, 6) is -0.0684. The summed E-state index contributed by atoms with van der Waals surface area (Å²) in [6.45, 7) is 3.32. The van der Waals surface area contributed by atoms with Gasteiger partial charge in [0, 0.05) is 6.42 Å². The largest absolute Gasteiger partial charge is 1.00 e. The molecule has 0 aliphatic rings. The van der Waals surface area contributed by atoms with Crippen LogP contribution in [0, 0.1) is 0 Å². The van der Waals surface area contributed by atoms with Crippen molar-refractivity contribution in [1.82, 2.24) is 0 Å². The van der Waals surface area contributed by atoms with Crippen LogP contribution in [0.4, 0.5) is 0 Å². The first-order valence-corrected chi connectivity index (χ1v) is 10.3. The van der Waals surface area contributed by atoms with Crippen molar-refractivity contribution < 1.29 is 102 Å². The Morgan fingerprint density at radius 1 is 0.778 bits per heavy atom. The van der Waals surface area contributed by atoms with E-state index >= 15 is 0 Å². The van der Waals surface area contributed by atoms with Crippen molar-refractivity contribution >= 4 is 5.97 Å². The van der Waals surface area contributed by atoms with Crippen LogP contribution < -0.4 is 94.4 Å². The average Bonchev–Trinajstić information content (AvgIpc) is 2.58. The van der Waals surface area contributed by atoms with Gasteiger partial charge in [0.25, 0.3) is 0 Å². The van der Waals surface area contributed by atoms with E-state index in [1.54, 1.807) is 0 Å². The van der Waals surface area contributed by atoms with E-state index in [2.05, 4.69) is 19.1 Å². The maximum absolute atomic E-state index is 11.4. The maximum Gasteiger partial charge on any atom is 1.00 e. The molecule has 0 aromatic heterocycles. The molecule has 148 valence electrons. The zero-order valence-corrected chi connectivity index (χ0v) is 25.1. The molecule has 0 atom stereocenters. The van der Waals surface area contributed by atoms with Gasteiger partial charge in [-0.2, -0.15) is 0 Å². The van der Waals surface area contributed by atoms with E-state index in [-0.39, 0.29) is 98.9 Å². The first-order valence-electron chi connectivity index (χ1n) is 10.3. The summed E-state index contributed by atoms with van der Waals surface area (Å²) < 4.78 is 5.07. The van der Waals surface area contributed by atoms with E-state index in [0.29, 0.717) is 19.6 Å². The Morgan fingerprint density at radius 2 is 1.26 bits per heavy atom. The molecule has 0 saturated heterocycles. The molecule has 27 heavy (non-hydrogen) atoms. The van der Waals surface area contributed by atoms with Crippen LogP contribution in [0.1, 0.15) is 108 Å². The normalized spacial score (nSPS) is 10.0. The zero-order valence-electron chi connectivity index (χ0n) is 22.1. The van der Waals surface area contributed by atoms with Crippen LogP contribution in [-0.4, -0.2) is 19.1 Å². The molecule has 6 heteroatoms. The summed E-state index contributed by atoms with van der Waals surface area (Å²) in [7, 11) is 0. The average molecular weight is 412 g/mol. The van der Waals surface area contributed by atoms with Gasteiger partial charge in [0.15, 0.2) is 0 Å². The fourth-order valence-corrected chi connectivity index (χ4v) is 2.68. The molecule has 0 unspecified atom stereocenters. The predicted molar refractivity (Wildman–Crippen MR) is 107 cm³/mol. The quantitative estimate of drug-likeness (QED) is 0.115. The van der Waals surface area contributed by atoms with Crippen LogP contribution in [0.5, 0.6) is 0 Å². The number of unbranched alkanes of at least 4 members (excludes halogenated alkanes) is 11. The van der Waals surface area contributed by atoms with Crippen molar-refractivity contribution in [1.29, 1.82) is 0 Å². The fraction of sp³-hybridized carbons (Fsp3) is 0.857. The summed E-state index contributed by atoms with van der Waals surface area (Å²) >= 11 is 0. The number of hydrogen-bond acceptors (Lipinski definition) is 3. The first-order chi connectivity index (χ1) is 11.8. The second-order valence-corrected chi connectivity index (χ2v) is 6.70. The van der Waals surface area contributed by atoms with E-state index in [1.165, 1.54) is 70.6 Å². The number of esters is 1. The first kappa shape index (κ1) is 36.5. The van der Waals surface area contributed by atoms with Gasteiger partial charge in [-0.25, -0.2) is 0 Å². The minimum Gasteiger partial charge on any atom is -1.00 e. The van der Waals surface area contributed by atoms with Gasteiger partial charge in [0.2, 0.25) is 0 Å². The molecule has 0 spiro atoms. The van der Waals surface area contributed by atoms with E-state index in [4.69, 9.17) is 10.5 Å². The minimum atomic E-state index is -0.0684. The number of nitrogens with two attached hydrogens (primary N) is 1. The third kappa shape index (κ3) is 33.0. The Morgan fingerprint density at radius 3 is 1.78 bits per heavy atom. The van der Waals surface area contributed by atoms with Crippen LogP contribution in [0.15, 0.2) is 12.2 Å². The topological polar surface area (TPSA) is 52.3 Å². The number of rotatable bonds is 18. The molecular formula is C21H44NNa3O2. The Labute approximate surface area is 240 Å². The van der Waals surface area contributed by atoms with Gasteiger partial charge in [-0.15, -0.1) is 0 Å². The second kappa shape index (κ2) is 32.8. The molecule has 0 bridgehead atoms. The van der Waals surface area contributed by atoms with Crippen molar-refractivity contribution in [2.45, 2.75) is 103 Å². The van der Waals surface area contributed by atoms with Crippen LogP contribution in [0.25, 0.3) is 0 Å². The van der Waals surface area contributed by atoms with Crippen molar-refractivity contribution in [2.75, 3.05) is 13.2 Å². The smallest absolute Gasteiger partial charge is 1.00 e. The summed E-state index contributed by atoms with van der Waals surface area (Å²) in [5, 5.41) is 0. The summed E-state index contributed by atoms with van der Waals surface area (Å²) in [6.07, 6.45) is 22.6. The van der Waals surface area contributed by atoms with Crippen molar-refractivity contribution in [3.8, 4) is 0 Å². The number of carbonyl (C=O) groups is 1. The summed E-state index contributed by atoms with van der Waals surface area (Å²) in [4.78, 5) is 11.4. The van der Waals surface area contributed by atoms with Crippen molar-refractivity contribution in [3.63, 3.8) is 0 Å². The van der Waals surface area contributed by atoms with Gasteiger partial charge in [-0.1, -0.05) is 70.4 Å². The van der Waals surface area contributed by atoms with Crippen LogP contribution in [-0.2, 0) is 9.53 Å². The van der Waals surface area contributed by atoms with Gasteiger partial charge in [-0.3, -0.25) is 4.79 Å². The van der Waals surface area contributed by atoms with Crippen molar-refractivity contribution in [2.24, 2.45) is 5.73 Å². The van der Waals surface area contributed by atoms with Gasteiger partial charge < -0.3 is 14.8 Å². The summed E-state index contributed by atoms with van der Waals surface area (Å²) in [6, 6.07) is 0. The van der Waals surface area contributed by atoms with Crippen LogP contribution in [0.3, 0.4) is 0 Å². The molecule has 0 aliphatic heterocycles. The number of carbonyl (C=O) groups excluding carboxylic acids is 1. The molecule has 0 heterocycles. The number of ether oxygens (including phenoxy) is 1. The Kier molecular flexibility index (Phi) is 44.4. The number of allylic oxidation sites excluding steroid dienone is 2. The minimum absolute atomic E-state index is 0. The van der Waals surface area contributed by atoms with E-state index in [9.17, 15) is 4.79 Å². The van der Waals surface area contributed by atoms with E-state index in [1.807, 2.05) is 0 Å². The predicted octanol–water partition coefficient (Wildman–Crippen LogP) is -2.73. The van der Waals surface area contributed by atoms with Crippen molar-refractivity contribution in [3.05, 3.63) is 12.2 Å². The molecular weight excluding hydrogens is 367 g/mol. The molecule has 0 aromatic carbocycles. The molecule has 0 saturated carbocycles. The van der Waals surface area contributed by atoms with Gasteiger partial charge in [-0.05, 0) is 45.1 Å². The molecule has 0 fully saturated rings. The molecule has 0 rings (SSSR count). The zero-order chi connectivity index (χ0) is 17.7. The van der Waals surface area contributed by atoms with Gasteiger partial charge in [0.1, 0.15) is 0 Å². The third-order valence-corrected chi connectivity index (χ3v) is 4.25. The monoisotopic (exact) mass is 411 g/mol. The maximum atomic E-state index is 11.4. The Bertz CT molecular complexity index is 317. The molecule has 0 aromatic rings. The SMILES string of the molecule is CCCCCCCC/C=C\CCCCCCCC(=O)OCCCN.[H-].[H-].[H-].[Na+].[Na+].[Na+]. The standard InChI is InChI=1S/C21H41NO2.3Na.3H/c1-2-3-4-5-6-7-8-9-10-11-12-13-14-15-16-18-21(23)24-20-17-19-22;;;;;;/h9-10H,2-8,11-20,22H2,1H3;;;;;;/q;3*+1;3*-1/b10-9-;;;;;;. The number of hydrogen-bond donors (Lipinski definition) is 1. The third-order valence-electron chi connectivity index (χ3n) is 4.25. The molecule has 3 nitrogen and oxygen atoms in total. The molecule has 0 aliphatic carbocycles. The molecule has 2 N–H and O–H groups in total.